The summed E-state index contributed by atoms with van der Waals surface area (Å²) in [6.45, 7) is 0. The van der Waals surface area contributed by atoms with E-state index in [4.69, 9.17) is 16.3 Å². The van der Waals surface area contributed by atoms with E-state index in [2.05, 4.69) is 0 Å². The number of carbonyl (C=O) groups is 1. The van der Waals surface area contributed by atoms with Crippen LogP contribution in [-0.2, 0) is 4.79 Å². The Hall–Kier alpha value is -1.28. The van der Waals surface area contributed by atoms with Crippen LogP contribution in [0.15, 0.2) is 24.3 Å². The molecule has 0 saturated heterocycles. The summed E-state index contributed by atoms with van der Waals surface area (Å²) >= 11 is 5.86. The fourth-order valence-electron chi connectivity index (χ4n) is 1.02. The number of carbonyl (C=O) groups excluding carboxylic acids is 1. The molecule has 1 aromatic rings. The van der Waals surface area contributed by atoms with Crippen molar-refractivity contribution in [1.29, 1.82) is 0 Å². The van der Waals surface area contributed by atoms with Crippen LogP contribution in [0.1, 0.15) is 5.56 Å². The van der Waals surface area contributed by atoms with Gasteiger partial charge in [-0.1, -0.05) is 23.7 Å². The molecule has 0 saturated carbocycles. The van der Waals surface area contributed by atoms with Gasteiger partial charge in [0.1, 0.15) is 12.0 Å². The standard InChI is InChI=1S/C10H9ClO2/c1-13-10-8(5-3-7-12)4-2-6-9(10)11/h2-7H,1H3/b5-3+. The van der Waals surface area contributed by atoms with Gasteiger partial charge in [0.05, 0.1) is 12.1 Å². The zero-order valence-corrected chi connectivity index (χ0v) is 7.91. The minimum atomic E-state index is 0.538. The van der Waals surface area contributed by atoms with Crippen LogP contribution in [0.5, 0.6) is 5.75 Å². The van der Waals surface area contributed by atoms with Gasteiger partial charge in [-0.15, -0.1) is 0 Å². The second-order valence-corrected chi connectivity index (χ2v) is 2.76. The number of ether oxygens (including phenoxy) is 1. The average molecular weight is 197 g/mol. The molecule has 0 spiro atoms. The molecule has 0 unspecified atom stereocenters. The average Bonchev–Trinajstić information content (AvgIpc) is 2.15. The van der Waals surface area contributed by atoms with Crippen molar-refractivity contribution >= 4 is 24.0 Å². The molecule has 0 fully saturated rings. The zero-order chi connectivity index (χ0) is 9.68. The largest absolute Gasteiger partial charge is 0.495 e. The predicted octanol–water partition coefficient (Wildman–Crippen LogP) is 2.56. The SMILES string of the molecule is COc1c(Cl)cccc1/C=C/C=O. The Bertz CT molecular complexity index is 332. The molecule has 3 heteroatoms. The number of benzene rings is 1. The molecule has 0 aliphatic carbocycles. The van der Waals surface area contributed by atoms with Crippen molar-refractivity contribution < 1.29 is 9.53 Å². The van der Waals surface area contributed by atoms with Crippen LogP contribution in [-0.4, -0.2) is 13.4 Å². The van der Waals surface area contributed by atoms with Gasteiger partial charge < -0.3 is 4.74 Å². The summed E-state index contributed by atoms with van der Waals surface area (Å²) in [6.07, 6.45) is 3.76. The van der Waals surface area contributed by atoms with E-state index < -0.39 is 0 Å². The van der Waals surface area contributed by atoms with Crippen molar-refractivity contribution in [3.05, 3.63) is 34.9 Å². The summed E-state index contributed by atoms with van der Waals surface area (Å²) in [5.74, 6) is 0.585. The van der Waals surface area contributed by atoms with Crippen LogP contribution in [0, 0.1) is 0 Å². The highest BCUT2D eigenvalue weighted by molar-refractivity contribution is 6.32. The van der Waals surface area contributed by atoms with Crippen molar-refractivity contribution in [2.24, 2.45) is 0 Å². The number of allylic oxidation sites excluding steroid dienone is 1. The molecule has 68 valence electrons. The van der Waals surface area contributed by atoms with Crippen LogP contribution in [0.4, 0.5) is 0 Å². The monoisotopic (exact) mass is 196 g/mol. The first-order valence-electron chi connectivity index (χ1n) is 3.74. The molecule has 13 heavy (non-hydrogen) atoms. The van der Waals surface area contributed by atoms with E-state index in [0.29, 0.717) is 17.1 Å². The van der Waals surface area contributed by atoms with Gasteiger partial charge in [0.15, 0.2) is 0 Å². The smallest absolute Gasteiger partial charge is 0.144 e. The fourth-order valence-corrected chi connectivity index (χ4v) is 1.27. The van der Waals surface area contributed by atoms with E-state index in [9.17, 15) is 4.79 Å². The highest BCUT2D eigenvalue weighted by Crippen LogP contribution is 2.28. The first-order chi connectivity index (χ1) is 6.29. The minimum Gasteiger partial charge on any atom is -0.495 e. The Morgan fingerprint density at radius 1 is 1.46 bits per heavy atom. The van der Waals surface area contributed by atoms with Crippen LogP contribution in [0.2, 0.25) is 5.02 Å². The molecule has 0 N–H and O–H groups in total. The van der Waals surface area contributed by atoms with Crippen LogP contribution in [0.25, 0.3) is 6.08 Å². The second kappa shape index (κ2) is 4.67. The summed E-state index contributed by atoms with van der Waals surface area (Å²) in [5, 5.41) is 0.538. The Morgan fingerprint density at radius 3 is 2.85 bits per heavy atom. The Kier molecular flexibility index (Phi) is 3.53. The topological polar surface area (TPSA) is 26.3 Å². The summed E-state index contributed by atoms with van der Waals surface area (Å²) in [5.41, 5.74) is 0.794. The maximum Gasteiger partial charge on any atom is 0.144 e. The van der Waals surface area contributed by atoms with Crippen molar-refractivity contribution in [2.75, 3.05) is 7.11 Å². The highest BCUT2D eigenvalue weighted by atomic mass is 35.5. The maximum absolute atomic E-state index is 10.1. The first-order valence-corrected chi connectivity index (χ1v) is 4.11. The third kappa shape index (κ3) is 2.33. The molecule has 2 nitrogen and oxygen atoms in total. The van der Waals surface area contributed by atoms with Gasteiger partial charge in [-0.05, 0) is 18.2 Å². The lowest BCUT2D eigenvalue weighted by molar-refractivity contribution is -0.104. The number of para-hydroxylation sites is 1. The highest BCUT2D eigenvalue weighted by Gasteiger charge is 2.03. The van der Waals surface area contributed by atoms with Crippen LogP contribution in [0.3, 0.4) is 0 Å². The second-order valence-electron chi connectivity index (χ2n) is 2.36. The van der Waals surface area contributed by atoms with E-state index in [-0.39, 0.29) is 0 Å². The normalized spacial score (nSPS) is 10.3. The van der Waals surface area contributed by atoms with Crippen molar-refractivity contribution in [1.82, 2.24) is 0 Å². The Balaban J connectivity index is 3.12. The molecule has 0 aliphatic rings. The van der Waals surface area contributed by atoms with E-state index >= 15 is 0 Å². The number of hydrogen-bond acceptors (Lipinski definition) is 2. The molecular formula is C10H9ClO2. The van der Waals surface area contributed by atoms with Gasteiger partial charge in [-0.2, -0.15) is 0 Å². The van der Waals surface area contributed by atoms with Gasteiger partial charge >= 0.3 is 0 Å². The molecule has 0 bridgehead atoms. The summed E-state index contributed by atoms with van der Waals surface area (Å²) in [4.78, 5) is 10.1. The van der Waals surface area contributed by atoms with E-state index in [1.54, 1.807) is 25.3 Å². The van der Waals surface area contributed by atoms with Gasteiger partial charge in [-0.3, -0.25) is 4.79 Å². The van der Waals surface area contributed by atoms with Crippen molar-refractivity contribution in [3.63, 3.8) is 0 Å². The molecule has 0 radical (unpaired) electrons. The minimum absolute atomic E-state index is 0.538. The quantitative estimate of drug-likeness (QED) is 0.549. The molecule has 1 aromatic carbocycles. The van der Waals surface area contributed by atoms with Gasteiger partial charge in [0.2, 0.25) is 0 Å². The number of hydrogen-bond donors (Lipinski definition) is 0. The number of rotatable bonds is 3. The molecule has 0 heterocycles. The van der Waals surface area contributed by atoms with Crippen LogP contribution >= 0.6 is 11.6 Å². The lowest BCUT2D eigenvalue weighted by Crippen LogP contribution is -1.87. The van der Waals surface area contributed by atoms with Gasteiger partial charge in [-0.25, -0.2) is 0 Å². The summed E-state index contributed by atoms with van der Waals surface area (Å²) in [6, 6.07) is 5.36. The molecule has 0 aliphatic heterocycles. The predicted molar refractivity (Wildman–Crippen MR) is 53.1 cm³/mol. The first kappa shape index (κ1) is 9.81. The fraction of sp³-hybridized carbons (Fsp3) is 0.100. The Morgan fingerprint density at radius 2 is 2.23 bits per heavy atom. The van der Waals surface area contributed by atoms with E-state index in [0.717, 1.165) is 5.56 Å². The van der Waals surface area contributed by atoms with Gasteiger partial charge in [0.25, 0.3) is 0 Å². The third-order valence-corrected chi connectivity index (χ3v) is 1.85. The molecule has 1 rings (SSSR count). The van der Waals surface area contributed by atoms with Gasteiger partial charge in [0, 0.05) is 5.56 Å². The zero-order valence-electron chi connectivity index (χ0n) is 7.16. The lowest BCUT2D eigenvalue weighted by Gasteiger charge is -2.05. The van der Waals surface area contributed by atoms with E-state index in [1.165, 1.54) is 6.08 Å². The molecule has 0 aromatic heterocycles. The maximum atomic E-state index is 10.1. The summed E-state index contributed by atoms with van der Waals surface area (Å²) < 4.78 is 5.07. The number of methoxy groups -OCH3 is 1. The van der Waals surface area contributed by atoms with Crippen molar-refractivity contribution in [2.45, 2.75) is 0 Å². The number of halogens is 1. The molecule has 0 amide bonds. The van der Waals surface area contributed by atoms with E-state index in [1.807, 2.05) is 6.07 Å². The Labute approximate surface area is 81.8 Å². The molecule has 0 atom stereocenters. The van der Waals surface area contributed by atoms with Crippen molar-refractivity contribution in [3.8, 4) is 5.75 Å². The van der Waals surface area contributed by atoms with Crippen LogP contribution < -0.4 is 4.74 Å². The molecular weight excluding hydrogens is 188 g/mol. The third-order valence-electron chi connectivity index (χ3n) is 1.56. The summed E-state index contributed by atoms with van der Waals surface area (Å²) in [7, 11) is 1.54. The number of aldehydes is 1. The lowest BCUT2D eigenvalue weighted by atomic mass is 10.2.